The number of fused-ring (bicyclic) bond motifs is 1. The number of thioether (sulfide) groups is 2. The molecule has 2 saturated heterocycles. The van der Waals surface area contributed by atoms with E-state index in [-0.39, 0.29) is 53.8 Å². The number of nitrogens with one attached hydrogen (secondary N) is 3. The molecule has 24 heteroatoms. The topological polar surface area (TPSA) is 307 Å². The average molecular weight is 749 g/mol. The highest BCUT2D eigenvalue weighted by atomic mass is 32.2. The maximum Gasteiger partial charge on any atom is 0.352 e. The fourth-order valence-corrected chi connectivity index (χ4v) is 7.89. The molecule has 270 valence electrons. The molecule has 2 aromatic rings. The number of aromatic nitrogens is 4. The second kappa shape index (κ2) is 14.5. The van der Waals surface area contributed by atoms with Gasteiger partial charge in [0.25, 0.3) is 5.91 Å². The number of piperazine rings is 1. The zero-order valence-corrected chi connectivity index (χ0v) is 27.8. The van der Waals surface area contributed by atoms with Crippen molar-refractivity contribution in [2.75, 3.05) is 31.1 Å². The fraction of sp³-hybridized carbons (Fsp3) is 0.370. The van der Waals surface area contributed by atoms with Gasteiger partial charge in [-0.25, -0.2) is 14.3 Å². The average Bonchev–Trinajstić information content (AvgIpc) is 3.53. The summed E-state index contributed by atoms with van der Waals surface area (Å²) < 4.78 is 0.984. The first-order valence-corrected chi connectivity index (χ1v) is 16.7. The van der Waals surface area contributed by atoms with Crippen LogP contribution in [0.2, 0.25) is 0 Å². The van der Waals surface area contributed by atoms with Crippen molar-refractivity contribution in [3.05, 3.63) is 35.0 Å². The van der Waals surface area contributed by atoms with Gasteiger partial charge in [-0.05, 0) is 40.6 Å². The first kappa shape index (κ1) is 36.4. The second-order valence-corrected chi connectivity index (χ2v) is 12.9. The lowest BCUT2D eigenvalue weighted by molar-refractivity contribution is -0.163. The first-order valence-electron chi connectivity index (χ1n) is 14.7. The third kappa shape index (κ3) is 6.81. The molecule has 3 aliphatic heterocycles. The van der Waals surface area contributed by atoms with Crippen molar-refractivity contribution < 1.29 is 58.8 Å². The molecule has 22 nitrogen and oxygen atoms in total. The molecule has 0 spiro atoms. The molecule has 3 atom stereocenters. The minimum absolute atomic E-state index is 0.0141. The van der Waals surface area contributed by atoms with E-state index in [4.69, 9.17) is 5.11 Å². The van der Waals surface area contributed by atoms with E-state index < -0.39 is 82.4 Å². The fourth-order valence-electron chi connectivity index (χ4n) is 5.44. The van der Waals surface area contributed by atoms with Gasteiger partial charge in [-0.15, -0.1) is 16.9 Å². The van der Waals surface area contributed by atoms with Crippen molar-refractivity contribution in [1.82, 2.24) is 50.9 Å². The van der Waals surface area contributed by atoms with Gasteiger partial charge in [-0.2, -0.15) is 0 Å². The zero-order valence-electron chi connectivity index (χ0n) is 26.2. The molecule has 0 aliphatic carbocycles. The van der Waals surface area contributed by atoms with Crippen LogP contribution in [0.25, 0.3) is 0 Å². The van der Waals surface area contributed by atoms with Gasteiger partial charge in [-0.1, -0.05) is 17.8 Å². The molecule has 1 aromatic carbocycles. The third-order valence-corrected chi connectivity index (χ3v) is 10.4. The first-order chi connectivity index (χ1) is 24.2. The highest BCUT2D eigenvalue weighted by Gasteiger charge is 2.66. The Labute approximate surface area is 294 Å². The van der Waals surface area contributed by atoms with E-state index in [1.807, 2.05) is 0 Å². The van der Waals surface area contributed by atoms with Crippen molar-refractivity contribution in [1.29, 1.82) is 0 Å². The molecule has 0 bridgehead atoms. The number of likely N-dealkylation sites (N-methyl/N-ethyl adjacent to an activating group) is 1. The summed E-state index contributed by atoms with van der Waals surface area (Å²) in [6.45, 7) is 1.08. The van der Waals surface area contributed by atoms with Crippen molar-refractivity contribution in [2.24, 2.45) is 0 Å². The number of aliphatic carboxylic acids is 2. The van der Waals surface area contributed by atoms with Crippen LogP contribution in [0, 0.1) is 0 Å². The number of imide groups is 1. The lowest BCUT2D eigenvalue weighted by atomic mass is 9.94. The molecule has 0 saturated carbocycles. The largest absolute Gasteiger partial charge is 0.504 e. The van der Waals surface area contributed by atoms with Crippen LogP contribution >= 0.6 is 23.5 Å². The number of hydrogen-bond donors (Lipinski definition) is 7. The lowest BCUT2D eigenvalue weighted by Gasteiger charge is -2.56. The van der Waals surface area contributed by atoms with E-state index in [1.54, 1.807) is 6.92 Å². The number of nitrogens with zero attached hydrogens (tertiary/aromatic N) is 7. The van der Waals surface area contributed by atoms with Crippen molar-refractivity contribution in [3.8, 4) is 11.5 Å². The number of aromatic hydroxyl groups is 2. The number of carboxylic acids is 2. The molecule has 1 aromatic heterocycles. The predicted octanol–water partition coefficient (Wildman–Crippen LogP) is -2.79. The molecule has 7 N–H and O–H groups in total. The zero-order chi connectivity index (χ0) is 37.2. The number of phenolic OH excluding ortho intramolecular Hbond substituents is 2. The van der Waals surface area contributed by atoms with Crippen LogP contribution < -0.4 is 16.0 Å². The number of benzene rings is 1. The van der Waals surface area contributed by atoms with Crippen LogP contribution in [0.1, 0.15) is 18.5 Å². The molecule has 51 heavy (non-hydrogen) atoms. The third-order valence-electron chi connectivity index (χ3n) is 7.92. The number of urea groups is 1. The summed E-state index contributed by atoms with van der Waals surface area (Å²) in [7, 11) is 0. The molecule has 7 amide bonds. The Balaban J connectivity index is 1.41. The number of carbonyl (C=O) groups is 8. The summed E-state index contributed by atoms with van der Waals surface area (Å²) in [6, 6.07) is 0.0783. The summed E-state index contributed by atoms with van der Waals surface area (Å²) in [6.07, 6.45) is 0.103. The van der Waals surface area contributed by atoms with E-state index in [9.17, 15) is 53.7 Å². The van der Waals surface area contributed by atoms with Crippen molar-refractivity contribution in [2.45, 2.75) is 35.7 Å². The van der Waals surface area contributed by atoms with Gasteiger partial charge in [0.1, 0.15) is 23.7 Å². The number of rotatable bonds is 13. The minimum Gasteiger partial charge on any atom is -0.504 e. The van der Waals surface area contributed by atoms with Crippen molar-refractivity contribution in [3.63, 3.8) is 0 Å². The summed E-state index contributed by atoms with van der Waals surface area (Å²) >= 11 is 1.88. The minimum atomic E-state index is -2.26. The highest BCUT2D eigenvalue weighted by Crippen LogP contribution is 2.46. The van der Waals surface area contributed by atoms with Gasteiger partial charge in [-0.3, -0.25) is 38.6 Å². The number of carboxylic acid groups (broad SMARTS) is 2. The normalized spacial score (nSPS) is 20.7. The molecule has 4 heterocycles. The van der Waals surface area contributed by atoms with Crippen LogP contribution in [0.5, 0.6) is 11.5 Å². The predicted molar refractivity (Wildman–Crippen MR) is 169 cm³/mol. The molecule has 1 unspecified atom stereocenters. The molecule has 2 fully saturated rings. The van der Waals surface area contributed by atoms with Crippen molar-refractivity contribution >= 4 is 71.5 Å². The Morgan fingerprint density at radius 3 is 2.51 bits per heavy atom. The summed E-state index contributed by atoms with van der Waals surface area (Å²) in [4.78, 5) is 104. The van der Waals surface area contributed by atoms with Crippen LogP contribution in [0.3, 0.4) is 0 Å². The Bertz CT molecular complexity index is 1870. The number of hydrogen-bond acceptors (Lipinski definition) is 15. The van der Waals surface area contributed by atoms with Gasteiger partial charge in [0.05, 0.1) is 0 Å². The maximum absolute atomic E-state index is 13.9. The molecule has 0 radical (unpaired) electrons. The van der Waals surface area contributed by atoms with Gasteiger partial charge in [0, 0.05) is 31.1 Å². The van der Waals surface area contributed by atoms with Crippen LogP contribution in [-0.4, -0.2) is 146 Å². The van der Waals surface area contributed by atoms with Crippen LogP contribution in [-0.2, 0) is 40.1 Å². The highest BCUT2D eigenvalue weighted by molar-refractivity contribution is 8.01. The van der Waals surface area contributed by atoms with Gasteiger partial charge >= 0.3 is 29.8 Å². The van der Waals surface area contributed by atoms with E-state index >= 15 is 0 Å². The number of carbonyl (C=O) groups excluding carboxylic acids is 6. The lowest BCUT2D eigenvalue weighted by Crippen LogP contribution is -2.85. The van der Waals surface area contributed by atoms with E-state index in [1.165, 1.54) is 4.90 Å². The standard InChI is InChI=1S/C27H28N10O12S2/c1-2-34-5-6-35(21(45)20(34)44)25(49)29-17(12-3-4-14(39)15(40)7-12)19(43)30-27(28-11-38)23(48)37-18(22(46)47)13(9-50-24(27)37)10-51-26-31-32-33-36(26)8-16(41)42/h3-4,7,11,17,24,39-40H,2,5-6,8-10H2,1H3,(H,28,38)(H,29,49)(H,30,43)(H,41,42)(H,46,47)/t17?,24-,27-/m1/s1. The number of tetrazole rings is 1. The number of amides is 7. The van der Waals surface area contributed by atoms with E-state index in [0.717, 1.165) is 51.3 Å². The number of β-lactam (4-membered cyclic amide) rings is 1. The Hall–Kier alpha value is -5.91. The van der Waals surface area contributed by atoms with E-state index in [0.29, 0.717) is 4.90 Å². The molecule has 5 rings (SSSR count). The molecular formula is C27H28N10O12S2. The Kier molecular flexibility index (Phi) is 10.4. The van der Waals surface area contributed by atoms with E-state index in [2.05, 4.69) is 31.5 Å². The molecular weight excluding hydrogens is 720 g/mol. The second-order valence-electron chi connectivity index (χ2n) is 10.9. The summed E-state index contributed by atoms with van der Waals surface area (Å²) in [5.41, 5.74) is -2.66. The Morgan fingerprint density at radius 2 is 1.86 bits per heavy atom. The quantitative estimate of drug-likeness (QED) is 0.0272. The Morgan fingerprint density at radius 1 is 1.12 bits per heavy atom. The van der Waals surface area contributed by atoms with Gasteiger partial charge < -0.3 is 41.3 Å². The van der Waals surface area contributed by atoms with Gasteiger partial charge in [0.15, 0.2) is 11.5 Å². The monoisotopic (exact) mass is 748 g/mol. The van der Waals surface area contributed by atoms with Gasteiger partial charge in [0.2, 0.25) is 23.1 Å². The maximum atomic E-state index is 13.9. The smallest absolute Gasteiger partial charge is 0.352 e. The SMILES string of the molecule is CCN1CCN(C(=O)NC(C(=O)N[C@]2(NC=O)C(=O)N3C(C(=O)O)=C(CSc4nnnn4CC(=O)O)CS[C@@H]32)c2ccc(O)c(O)c2)C(=O)C1=O. The summed E-state index contributed by atoms with van der Waals surface area (Å²) in [5, 5.41) is 55.6. The summed E-state index contributed by atoms with van der Waals surface area (Å²) in [5.74, 6) is -8.53. The van der Waals surface area contributed by atoms with Crippen LogP contribution in [0.15, 0.2) is 34.6 Å². The number of phenols is 2. The molecule has 3 aliphatic rings. The van der Waals surface area contributed by atoms with Crippen LogP contribution in [0.4, 0.5) is 4.79 Å².